The van der Waals surface area contributed by atoms with Crippen LogP contribution in [0.15, 0.2) is 18.2 Å². The second-order valence-electron chi connectivity index (χ2n) is 8.12. The predicted octanol–water partition coefficient (Wildman–Crippen LogP) is 4.70. The molecule has 0 spiro atoms. The molecule has 1 aliphatic rings. The van der Waals surface area contributed by atoms with Crippen LogP contribution in [0.3, 0.4) is 0 Å². The molecule has 1 aliphatic heterocycles. The summed E-state index contributed by atoms with van der Waals surface area (Å²) in [5.74, 6) is -0.0373. The largest absolute Gasteiger partial charge is 0.469 e. The van der Waals surface area contributed by atoms with E-state index in [1.165, 1.54) is 31.2 Å². The number of unbranched alkanes of at least 4 members (excludes halogenated alkanes) is 5. The summed E-state index contributed by atoms with van der Waals surface area (Å²) in [4.78, 5) is 31.1. The average Bonchev–Trinajstić information content (AvgIpc) is 2.67. The molecule has 0 atom stereocenters. The van der Waals surface area contributed by atoms with Gasteiger partial charge in [-0.05, 0) is 48.8 Å². The van der Waals surface area contributed by atoms with Gasteiger partial charge in [0.15, 0.2) is 0 Å². The number of hydrogen-bond donors (Lipinski definition) is 2. The molecule has 0 aliphatic carbocycles. The second-order valence-corrected chi connectivity index (χ2v) is 9.32. The summed E-state index contributed by atoms with van der Waals surface area (Å²) in [6, 6.07) is 6.11. The van der Waals surface area contributed by atoms with Crippen molar-refractivity contribution >= 4 is 13.7 Å². The minimum Gasteiger partial charge on any atom is -0.337 e. The summed E-state index contributed by atoms with van der Waals surface area (Å²) >= 11 is 0. The Labute approximate surface area is 179 Å². The Kier molecular flexibility index (Phi) is 10.5. The number of aryl methyl sites for hydroxylation is 2. The first-order valence-corrected chi connectivity index (χ1v) is 12.5. The van der Waals surface area contributed by atoms with Gasteiger partial charge in [0.1, 0.15) is 12.8 Å². The molecule has 0 unspecified atom stereocenters. The van der Waals surface area contributed by atoms with Crippen LogP contribution in [0.25, 0.3) is 0 Å². The van der Waals surface area contributed by atoms with Gasteiger partial charge in [-0.1, -0.05) is 50.8 Å². The number of amides is 1. The van der Waals surface area contributed by atoms with Crippen LogP contribution < -0.4 is 0 Å². The smallest absolute Gasteiger partial charge is 0.337 e. The molecule has 1 aromatic rings. The molecule has 0 saturated carbocycles. The lowest BCUT2D eigenvalue weighted by Crippen LogP contribution is -2.54. The number of phosphoric ester groups is 1. The Morgan fingerprint density at radius 1 is 1.10 bits per heavy atom. The van der Waals surface area contributed by atoms with Crippen LogP contribution in [0.1, 0.15) is 75.0 Å². The Morgan fingerprint density at radius 2 is 1.80 bits per heavy atom. The first-order valence-electron chi connectivity index (χ1n) is 11.0. The van der Waals surface area contributed by atoms with Crippen LogP contribution in [0, 0.1) is 0 Å². The molecule has 6 nitrogen and oxygen atoms in total. The minimum atomic E-state index is -4.50. The molecular formula is C22H35FNO5P. The zero-order chi connectivity index (χ0) is 22.0. The number of carbonyl (C=O) groups is 1. The lowest BCUT2D eigenvalue weighted by Gasteiger charge is -2.38. The van der Waals surface area contributed by atoms with E-state index in [2.05, 4.69) is 17.5 Å². The van der Waals surface area contributed by atoms with Gasteiger partial charge in [0.05, 0.1) is 0 Å². The third-order valence-corrected chi connectivity index (χ3v) is 6.13. The molecular weight excluding hydrogens is 408 g/mol. The highest BCUT2D eigenvalue weighted by molar-refractivity contribution is 7.46. The fraction of sp³-hybridized carbons (Fsp3) is 0.682. The van der Waals surface area contributed by atoms with Gasteiger partial charge < -0.3 is 14.7 Å². The van der Waals surface area contributed by atoms with Crippen LogP contribution in [0.5, 0.6) is 0 Å². The number of nitrogens with zero attached hydrogens (tertiary/aromatic N) is 1. The van der Waals surface area contributed by atoms with Gasteiger partial charge in [-0.3, -0.25) is 9.32 Å². The van der Waals surface area contributed by atoms with Crippen molar-refractivity contribution < 1.29 is 28.1 Å². The van der Waals surface area contributed by atoms with Gasteiger partial charge in [-0.15, -0.1) is 0 Å². The Balaban J connectivity index is 1.67. The molecule has 2 rings (SSSR count). The van der Waals surface area contributed by atoms with Crippen molar-refractivity contribution in [3.8, 4) is 0 Å². The molecule has 1 saturated heterocycles. The molecule has 2 N–H and O–H groups in total. The van der Waals surface area contributed by atoms with Crippen molar-refractivity contribution in [1.29, 1.82) is 0 Å². The highest BCUT2D eigenvalue weighted by atomic mass is 31.2. The monoisotopic (exact) mass is 443 g/mol. The van der Waals surface area contributed by atoms with Crippen LogP contribution in [0.4, 0.5) is 4.39 Å². The summed E-state index contributed by atoms with van der Waals surface area (Å²) in [6.07, 6.45) is 9.15. The van der Waals surface area contributed by atoms with E-state index < -0.39 is 20.6 Å². The maximum absolute atomic E-state index is 13.5. The van der Waals surface area contributed by atoms with Gasteiger partial charge in [-0.2, -0.15) is 0 Å². The zero-order valence-corrected chi connectivity index (χ0v) is 18.8. The summed E-state index contributed by atoms with van der Waals surface area (Å²) in [6.45, 7) is 2.17. The van der Waals surface area contributed by atoms with E-state index in [1.807, 2.05) is 12.1 Å². The van der Waals surface area contributed by atoms with Crippen LogP contribution >= 0.6 is 7.82 Å². The summed E-state index contributed by atoms with van der Waals surface area (Å²) in [7, 11) is -4.50. The summed E-state index contributed by atoms with van der Waals surface area (Å²) < 4.78 is 28.8. The fourth-order valence-electron chi connectivity index (χ4n) is 3.79. The van der Waals surface area contributed by atoms with Crippen molar-refractivity contribution in [1.82, 2.24) is 4.90 Å². The zero-order valence-electron chi connectivity index (χ0n) is 17.9. The van der Waals surface area contributed by atoms with E-state index in [9.17, 15) is 13.8 Å². The van der Waals surface area contributed by atoms with E-state index in [4.69, 9.17) is 9.79 Å². The molecule has 1 amide bonds. The van der Waals surface area contributed by atoms with Crippen molar-refractivity contribution in [2.24, 2.45) is 0 Å². The SMILES string of the molecule is CCCCCCCc1ccc(CCCCC(=O)N2CC(OP(=O)(O)O)C2)c(CF)c1. The number of rotatable bonds is 14. The molecule has 1 heterocycles. The number of likely N-dealkylation sites (tertiary alicyclic amines) is 1. The molecule has 1 fully saturated rings. The molecule has 0 aromatic heterocycles. The third kappa shape index (κ3) is 8.84. The van der Waals surface area contributed by atoms with E-state index in [1.54, 1.807) is 4.90 Å². The van der Waals surface area contributed by atoms with Crippen molar-refractivity contribution in [2.45, 2.75) is 83.9 Å². The number of carbonyl (C=O) groups excluding carboxylic acids is 1. The first-order chi connectivity index (χ1) is 14.3. The molecule has 170 valence electrons. The molecule has 8 heteroatoms. The first kappa shape index (κ1) is 25.0. The lowest BCUT2D eigenvalue weighted by molar-refractivity contribution is -0.140. The second kappa shape index (κ2) is 12.6. The standard InChI is InChI=1S/C22H35FNO5P/c1-2-3-4-5-6-9-18-12-13-19(20(14-18)15-23)10-7-8-11-22(25)24-16-21(17-24)29-30(26,27)28/h12-14,21H,2-11,15-17H2,1H3,(H2,26,27,28). The van der Waals surface area contributed by atoms with Crippen molar-refractivity contribution in [2.75, 3.05) is 13.1 Å². The van der Waals surface area contributed by atoms with Crippen molar-refractivity contribution in [3.05, 3.63) is 34.9 Å². The molecule has 0 radical (unpaired) electrons. The summed E-state index contributed by atoms with van der Waals surface area (Å²) in [5.41, 5.74) is 2.97. The number of phosphoric acid groups is 1. The highest BCUT2D eigenvalue weighted by Crippen LogP contribution is 2.39. The number of halogens is 1. The number of benzene rings is 1. The van der Waals surface area contributed by atoms with Crippen molar-refractivity contribution in [3.63, 3.8) is 0 Å². The minimum absolute atomic E-state index is 0.0373. The van der Waals surface area contributed by atoms with Gasteiger partial charge >= 0.3 is 7.82 Å². The quantitative estimate of drug-likeness (QED) is 0.321. The highest BCUT2D eigenvalue weighted by Gasteiger charge is 2.35. The van der Waals surface area contributed by atoms with Gasteiger partial charge in [0.25, 0.3) is 0 Å². The maximum atomic E-state index is 13.5. The maximum Gasteiger partial charge on any atom is 0.469 e. The molecule has 0 bridgehead atoms. The Morgan fingerprint density at radius 3 is 2.47 bits per heavy atom. The Hall–Kier alpha value is -1.27. The van der Waals surface area contributed by atoms with E-state index in [0.717, 1.165) is 36.8 Å². The normalized spacial score (nSPS) is 14.7. The van der Waals surface area contributed by atoms with E-state index in [-0.39, 0.29) is 19.0 Å². The Bertz CT molecular complexity index is 717. The fourth-order valence-corrected chi connectivity index (χ4v) is 4.31. The molecule has 1 aromatic carbocycles. The van der Waals surface area contributed by atoms with Gasteiger partial charge in [0.2, 0.25) is 5.91 Å². The predicted molar refractivity (Wildman–Crippen MR) is 115 cm³/mol. The van der Waals surface area contributed by atoms with Crippen LogP contribution in [0.2, 0.25) is 0 Å². The summed E-state index contributed by atoms with van der Waals surface area (Å²) in [5, 5.41) is 0. The van der Waals surface area contributed by atoms with Crippen LogP contribution in [-0.4, -0.2) is 39.8 Å². The third-order valence-electron chi connectivity index (χ3n) is 5.56. The van der Waals surface area contributed by atoms with E-state index >= 15 is 0 Å². The number of alkyl halides is 1. The lowest BCUT2D eigenvalue weighted by atomic mass is 9.97. The van der Waals surface area contributed by atoms with E-state index in [0.29, 0.717) is 12.8 Å². The molecule has 30 heavy (non-hydrogen) atoms. The van der Waals surface area contributed by atoms with Gasteiger partial charge in [-0.25, -0.2) is 8.96 Å². The van der Waals surface area contributed by atoms with Gasteiger partial charge in [0, 0.05) is 19.5 Å². The number of hydrogen-bond acceptors (Lipinski definition) is 3. The topological polar surface area (TPSA) is 87.1 Å². The van der Waals surface area contributed by atoms with Crippen LogP contribution in [-0.2, 0) is 33.4 Å². The average molecular weight is 443 g/mol.